The van der Waals surface area contributed by atoms with E-state index in [0.717, 1.165) is 57.8 Å². The molecule has 0 aliphatic rings. The second kappa shape index (κ2) is 52.2. The molecule has 0 radical (unpaired) electrons. The van der Waals surface area contributed by atoms with Crippen molar-refractivity contribution in [3.05, 3.63) is 12.2 Å². The number of allylic oxidation sites excluding steroid dienone is 1. The maximum atomic E-state index is 12.5. The fourth-order valence-corrected chi connectivity index (χ4v) is 8.75. The van der Waals surface area contributed by atoms with Gasteiger partial charge >= 0.3 is 5.97 Å². The summed E-state index contributed by atoms with van der Waals surface area (Å²) in [7, 11) is 0. The molecule has 6 nitrogen and oxygen atoms in total. The molecule has 0 saturated heterocycles. The van der Waals surface area contributed by atoms with Gasteiger partial charge in [-0.15, -0.1) is 0 Å². The Labute approximate surface area is 387 Å². The Kier molecular flexibility index (Phi) is 51.0. The van der Waals surface area contributed by atoms with Crippen molar-refractivity contribution in [1.82, 2.24) is 5.32 Å². The molecule has 0 rings (SSSR count). The highest BCUT2D eigenvalue weighted by Crippen LogP contribution is 2.17. The van der Waals surface area contributed by atoms with Crippen LogP contribution in [0.25, 0.3) is 0 Å². The Morgan fingerprint density at radius 3 is 1.10 bits per heavy atom. The second-order valence-electron chi connectivity index (χ2n) is 19.3. The van der Waals surface area contributed by atoms with Gasteiger partial charge < -0.3 is 20.3 Å². The zero-order chi connectivity index (χ0) is 45.1. The zero-order valence-electron chi connectivity index (χ0n) is 41.9. The summed E-state index contributed by atoms with van der Waals surface area (Å²) < 4.78 is 5.45. The number of aliphatic hydroxyl groups is 2. The van der Waals surface area contributed by atoms with Crippen molar-refractivity contribution < 1.29 is 24.5 Å². The van der Waals surface area contributed by atoms with Gasteiger partial charge in [-0.1, -0.05) is 276 Å². The molecule has 0 aromatic heterocycles. The molecule has 0 fully saturated rings. The summed E-state index contributed by atoms with van der Waals surface area (Å²) in [5.41, 5.74) is 0. The normalized spacial score (nSPS) is 12.6. The Morgan fingerprint density at radius 1 is 0.435 bits per heavy atom. The number of esters is 1. The summed E-state index contributed by atoms with van der Waals surface area (Å²) in [6.45, 7) is 4.87. The molecule has 0 heterocycles. The minimum atomic E-state index is -0.859. The van der Waals surface area contributed by atoms with Crippen LogP contribution < -0.4 is 5.32 Å². The standard InChI is InChI=1S/C56H109NO5/c1-3-5-7-9-11-13-15-17-18-19-20-21-22-23-24-25-26-27-28-32-36-40-44-48-54(59)53(52-58)57-55(60)49-45-41-37-33-30-31-35-39-43-47-51-62-56(61)50-46-42-38-34-29-16-14-12-10-8-6-4-2/h44,48,53-54,58-59H,3-43,45-47,49-52H2,1-2H3,(H,57,60)/b48-44+. The molecule has 0 aromatic carbocycles. The minimum absolute atomic E-state index is 0.0193. The lowest BCUT2D eigenvalue weighted by molar-refractivity contribution is -0.143. The number of unbranched alkanes of at least 4 members (excludes halogenated alkanes) is 41. The predicted octanol–water partition coefficient (Wildman–Crippen LogP) is 16.9. The van der Waals surface area contributed by atoms with Crippen LogP contribution in [0, 0.1) is 0 Å². The van der Waals surface area contributed by atoms with Crippen LogP contribution in [0.15, 0.2) is 12.2 Å². The topological polar surface area (TPSA) is 95.9 Å². The molecule has 368 valence electrons. The van der Waals surface area contributed by atoms with Gasteiger partial charge in [0.1, 0.15) is 0 Å². The Balaban J connectivity index is 3.50. The van der Waals surface area contributed by atoms with Crippen molar-refractivity contribution in [2.45, 2.75) is 321 Å². The van der Waals surface area contributed by atoms with E-state index in [0.29, 0.717) is 19.4 Å². The van der Waals surface area contributed by atoms with Gasteiger partial charge in [0.15, 0.2) is 0 Å². The second-order valence-corrected chi connectivity index (χ2v) is 19.3. The van der Waals surface area contributed by atoms with Crippen LogP contribution >= 0.6 is 0 Å². The molecule has 0 spiro atoms. The predicted molar refractivity (Wildman–Crippen MR) is 269 cm³/mol. The summed E-state index contributed by atoms with van der Waals surface area (Å²) in [6, 6.07) is -0.644. The molecule has 2 atom stereocenters. The number of carbonyl (C=O) groups is 2. The fourth-order valence-electron chi connectivity index (χ4n) is 8.75. The van der Waals surface area contributed by atoms with Gasteiger partial charge in [0.05, 0.1) is 25.4 Å². The summed E-state index contributed by atoms with van der Waals surface area (Å²) in [5, 5.41) is 23.1. The van der Waals surface area contributed by atoms with E-state index in [1.807, 2.05) is 6.08 Å². The van der Waals surface area contributed by atoms with Crippen molar-refractivity contribution >= 4 is 11.9 Å². The minimum Gasteiger partial charge on any atom is -0.466 e. The highest BCUT2D eigenvalue weighted by molar-refractivity contribution is 5.76. The van der Waals surface area contributed by atoms with E-state index in [9.17, 15) is 19.8 Å². The molecule has 0 aliphatic heterocycles. The fraction of sp³-hybridized carbons (Fsp3) is 0.929. The van der Waals surface area contributed by atoms with Crippen molar-refractivity contribution in [2.75, 3.05) is 13.2 Å². The third kappa shape index (κ3) is 48.1. The van der Waals surface area contributed by atoms with Gasteiger partial charge in [0.25, 0.3) is 0 Å². The number of nitrogens with one attached hydrogen (secondary N) is 1. The molecular formula is C56H109NO5. The van der Waals surface area contributed by atoms with E-state index >= 15 is 0 Å². The lowest BCUT2D eigenvalue weighted by Crippen LogP contribution is -2.45. The molecule has 0 saturated carbocycles. The van der Waals surface area contributed by atoms with Crippen molar-refractivity contribution in [3.8, 4) is 0 Å². The van der Waals surface area contributed by atoms with Crippen LogP contribution in [0.1, 0.15) is 309 Å². The van der Waals surface area contributed by atoms with Gasteiger partial charge in [-0.2, -0.15) is 0 Å². The first-order chi connectivity index (χ1) is 30.5. The first-order valence-corrected chi connectivity index (χ1v) is 28.0. The van der Waals surface area contributed by atoms with E-state index in [1.54, 1.807) is 6.08 Å². The molecule has 0 aromatic rings. The lowest BCUT2D eigenvalue weighted by atomic mass is 10.0. The first kappa shape index (κ1) is 60.6. The van der Waals surface area contributed by atoms with E-state index in [-0.39, 0.29) is 18.5 Å². The number of rotatable bonds is 52. The van der Waals surface area contributed by atoms with E-state index in [1.165, 1.54) is 225 Å². The van der Waals surface area contributed by atoms with Crippen LogP contribution in [0.3, 0.4) is 0 Å². The number of hydrogen-bond donors (Lipinski definition) is 3. The van der Waals surface area contributed by atoms with Crippen molar-refractivity contribution in [1.29, 1.82) is 0 Å². The lowest BCUT2D eigenvalue weighted by Gasteiger charge is -2.20. The molecule has 2 unspecified atom stereocenters. The summed E-state index contributed by atoms with van der Waals surface area (Å²) >= 11 is 0. The zero-order valence-corrected chi connectivity index (χ0v) is 41.9. The smallest absolute Gasteiger partial charge is 0.305 e. The van der Waals surface area contributed by atoms with E-state index in [4.69, 9.17) is 4.74 Å². The van der Waals surface area contributed by atoms with E-state index < -0.39 is 12.1 Å². The summed E-state index contributed by atoms with van der Waals surface area (Å²) in [5.74, 6) is -0.106. The first-order valence-electron chi connectivity index (χ1n) is 28.0. The third-order valence-corrected chi connectivity index (χ3v) is 13.1. The quantitative estimate of drug-likeness (QED) is 0.0321. The molecule has 62 heavy (non-hydrogen) atoms. The Bertz CT molecular complexity index is 924. The number of hydrogen-bond acceptors (Lipinski definition) is 5. The number of carbonyl (C=O) groups excluding carboxylic acids is 2. The molecule has 0 aliphatic carbocycles. The molecular weight excluding hydrogens is 767 g/mol. The largest absolute Gasteiger partial charge is 0.466 e. The molecule has 0 bridgehead atoms. The van der Waals surface area contributed by atoms with Gasteiger partial charge in [-0.3, -0.25) is 9.59 Å². The number of aliphatic hydroxyl groups excluding tert-OH is 2. The van der Waals surface area contributed by atoms with Crippen LogP contribution in [0.4, 0.5) is 0 Å². The average Bonchev–Trinajstić information content (AvgIpc) is 3.27. The summed E-state index contributed by atoms with van der Waals surface area (Å²) in [4.78, 5) is 24.5. The Morgan fingerprint density at radius 2 is 0.742 bits per heavy atom. The highest BCUT2D eigenvalue weighted by atomic mass is 16.5. The van der Waals surface area contributed by atoms with Gasteiger partial charge in [-0.05, 0) is 32.1 Å². The maximum absolute atomic E-state index is 12.5. The monoisotopic (exact) mass is 876 g/mol. The van der Waals surface area contributed by atoms with Crippen LogP contribution in [0.2, 0.25) is 0 Å². The number of ether oxygens (including phenoxy) is 1. The SMILES string of the molecule is CCCCCCCCCCCCCCCCCCCCCCC/C=C/C(O)C(CO)NC(=O)CCCCCCCCCCCCOC(=O)CCCCCCCCCCCCCC. The summed E-state index contributed by atoms with van der Waals surface area (Å²) in [6.07, 6.45) is 60.8. The van der Waals surface area contributed by atoms with Crippen molar-refractivity contribution in [2.24, 2.45) is 0 Å². The van der Waals surface area contributed by atoms with Gasteiger partial charge in [-0.25, -0.2) is 0 Å². The molecule has 3 N–H and O–H groups in total. The van der Waals surface area contributed by atoms with Crippen LogP contribution in [-0.2, 0) is 14.3 Å². The maximum Gasteiger partial charge on any atom is 0.305 e. The van der Waals surface area contributed by atoms with Crippen molar-refractivity contribution in [3.63, 3.8) is 0 Å². The average molecular weight is 876 g/mol. The molecule has 6 heteroatoms. The van der Waals surface area contributed by atoms with Gasteiger partial charge in [0.2, 0.25) is 5.91 Å². The Hall–Kier alpha value is -1.40. The van der Waals surface area contributed by atoms with Gasteiger partial charge in [0, 0.05) is 12.8 Å². The van der Waals surface area contributed by atoms with Crippen LogP contribution in [0.5, 0.6) is 0 Å². The highest BCUT2D eigenvalue weighted by Gasteiger charge is 2.18. The van der Waals surface area contributed by atoms with Crippen LogP contribution in [-0.4, -0.2) is 47.4 Å². The third-order valence-electron chi connectivity index (χ3n) is 13.1. The van der Waals surface area contributed by atoms with E-state index in [2.05, 4.69) is 19.2 Å². The number of amides is 1. The molecule has 1 amide bonds.